The van der Waals surface area contributed by atoms with Gasteiger partial charge in [0, 0.05) is 6.07 Å². The van der Waals surface area contributed by atoms with Gasteiger partial charge < -0.3 is 39.1 Å². The molecule has 1 rings (SSSR count). The molecule has 0 radical (unpaired) electrons. The summed E-state index contributed by atoms with van der Waals surface area (Å²) >= 11 is 0. The molecule has 0 fully saturated rings. The number of phenols is 1. The molecule has 0 unspecified atom stereocenters. The second-order valence-electron chi connectivity index (χ2n) is 1.78. The van der Waals surface area contributed by atoms with Crippen molar-refractivity contribution in [2.45, 2.75) is 0 Å². The van der Waals surface area contributed by atoms with Crippen LogP contribution in [0.4, 0.5) is 5.69 Å². The SMILES string of the molecule is O=[N+]([O-])c1cccc(O)c1.[Br-].[Br-].[Ca+2]. The number of nitrogens with zero attached hydrogens (tertiary/aromatic N) is 1. The zero-order valence-electron chi connectivity index (χ0n) is 6.48. The predicted octanol–water partition coefficient (Wildman–Crippen LogP) is -5.07. The number of nitro benzene ring substituents is 1. The van der Waals surface area contributed by atoms with Crippen molar-refractivity contribution in [3.63, 3.8) is 0 Å². The number of aromatic hydroxyl groups is 1. The summed E-state index contributed by atoms with van der Waals surface area (Å²) < 4.78 is 0. The van der Waals surface area contributed by atoms with Crippen molar-refractivity contribution in [3.8, 4) is 5.75 Å². The van der Waals surface area contributed by atoms with Crippen molar-refractivity contribution < 1.29 is 44.0 Å². The van der Waals surface area contributed by atoms with E-state index in [0.29, 0.717) is 0 Å². The third kappa shape index (κ3) is 6.68. The fourth-order valence-corrected chi connectivity index (χ4v) is 0.607. The second kappa shape index (κ2) is 9.20. The van der Waals surface area contributed by atoms with Crippen LogP contribution in [0.3, 0.4) is 0 Å². The number of rotatable bonds is 1. The number of benzene rings is 1. The summed E-state index contributed by atoms with van der Waals surface area (Å²) in [6, 6.07) is 5.22. The molecule has 0 spiro atoms. The van der Waals surface area contributed by atoms with E-state index in [4.69, 9.17) is 5.11 Å². The van der Waals surface area contributed by atoms with E-state index in [9.17, 15) is 10.1 Å². The van der Waals surface area contributed by atoms with Crippen molar-refractivity contribution in [2.75, 3.05) is 0 Å². The molecule has 4 nitrogen and oxygen atoms in total. The molecule has 1 aromatic carbocycles. The molecule has 13 heavy (non-hydrogen) atoms. The smallest absolute Gasteiger partial charge is 1.00 e. The molecule has 0 atom stereocenters. The number of non-ortho nitro benzene ring substituents is 1. The average molecular weight is 339 g/mol. The van der Waals surface area contributed by atoms with Gasteiger partial charge in [-0.05, 0) is 6.07 Å². The van der Waals surface area contributed by atoms with E-state index in [0.717, 1.165) is 6.07 Å². The average Bonchev–Trinajstić information content (AvgIpc) is 1.88. The molecular weight excluding hydrogens is 334 g/mol. The molecule has 1 aromatic rings. The van der Waals surface area contributed by atoms with Gasteiger partial charge in [-0.25, -0.2) is 0 Å². The molecular formula is C6H5Br2CaNO3. The van der Waals surface area contributed by atoms with Crippen LogP contribution in [0.2, 0.25) is 0 Å². The van der Waals surface area contributed by atoms with Gasteiger partial charge in [-0.15, -0.1) is 0 Å². The number of phenolic OH excluding ortho intramolecular Hbond substituents is 1. The first-order valence-electron chi connectivity index (χ1n) is 2.63. The predicted molar refractivity (Wildman–Crippen MR) is 40.5 cm³/mol. The van der Waals surface area contributed by atoms with Crippen LogP contribution in [0.1, 0.15) is 0 Å². The molecule has 0 heterocycles. The molecule has 1 N–H and O–H groups in total. The Morgan fingerprint density at radius 3 is 2.15 bits per heavy atom. The van der Waals surface area contributed by atoms with Crippen LogP contribution in [0.15, 0.2) is 24.3 Å². The van der Waals surface area contributed by atoms with E-state index in [1.807, 2.05) is 0 Å². The van der Waals surface area contributed by atoms with E-state index in [1.165, 1.54) is 18.2 Å². The van der Waals surface area contributed by atoms with Crippen molar-refractivity contribution in [3.05, 3.63) is 34.4 Å². The number of nitro groups is 1. The Labute approximate surface area is 126 Å². The monoisotopic (exact) mass is 337 g/mol. The van der Waals surface area contributed by atoms with E-state index in [-0.39, 0.29) is 83.1 Å². The molecule has 68 valence electrons. The summed E-state index contributed by atoms with van der Waals surface area (Å²) in [4.78, 5) is 9.49. The van der Waals surface area contributed by atoms with Gasteiger partial charge in [0.2, 0.25) is 0 Å². The minimum Gasteiger partial charge on any atom is -1.00 e. The van der Waals surface area contributed by atoms with Crippen LogP contribution in [0, 0.1) is 10.1 Å². The van der Waals surface area contributed by atoms with E-state index in [2.05, 4.69) is 0 Å². The van der Waals surface area contributed by atoms with E-state index < -0.39 is 4.92 Å². The molecule has 0 aliphatic rings. The Balaban J connectivity index is -0.000000333. The van der Waals surface area contributed by atoms with Crippen molar-refractivity contribution in [1.82, 2.24) is 0 Å². The van der Waals surface area contributed by atoms with Crippen molar-refractivity contribution in [2.24, 2.45) is 0 Å². The third-order valence-corrected chi connectivity index (χ3v) is 1.04. The maximum absolute atomic E-state index is 10.0. The summed E-state index contributed by atoms with van der Waals surface area (Å²) in [7, 11) is 0. The standard InChI is InChI=1S/C6H5NO3.2BrH.Ca/c8-6-3-1-2-5(4-6)7(9)10;;;/h1-4,8H;2*1H;/q;;;+2/p-2. The van der Waals surface area contributed by atoms with Crippen LogP contribution >= 0.6 is 0 Å². The summed E-state index contributed by atoms with van der Waals surface area (Å²) in [6.45, 7) is 0. The van der Waals surface area contributed by atoms with Crippen LogP contribution in [-0.2, 0) is 0 Å². The van der Waals surface area contributed by atoms with Gasteiger partial charge in [0.25, 0.3) is 5.69 Å². The molecule has 0 amide bonds. The first kappa shape index (κ1) is 19.2. The molecule has 0 saturated carbocycles. The van der Waals surface area contributed by atoms with Gasteiger partial charge in [-0.1, -0.05) is 6.07 Å². The Morgan fingerprint density at radius 1 is 1.31 bits per heavy atom. The van der Waals surface area contributed by atoms with E-state index >= 15 is 0 Å². The molecule has 0 bridgehead atoms. The normalized spacial score (nSPS) is 7.08. The summed E-state index contributed by atoms with van der Waals surface area (Å²) in [6.07, 6.45) is 0. The Hall–Kier alpha value is 0.640. The second-order valence-corrected chi connectivity index (χ2v) is 1.78. The van der Waals surface area contributed by atoms with Gasteiger partial charge >= 0.3 is 37.7 Å². The molecule has 7 heteroatoms. The first-order chi connectivity index (χ1) is 4.70. The van der Waals surface area contributed by atoms with Crippen molar-refractivity contribution >= 4 is 43.4 Å². The molecule has 0 aliphatic carbocycles. The number of halogens is 2. The fourth-order valence-electron chi connectivity index (χ4n) is 0.607. The van der Waals surface area contributed by atoms with Gasteiger partial charge in [-0.2, -0.15) is 0 Å². The van der Waals surface area contributed by atoms with Gasteiger partial charge in [-0.3, -0.25) is 10.1 Å². The molecule has 0 saturated heterocycles. The zero-order valence-corrected chi connectivity index (χ0v) is 11.9. The van der Waals surface area contributed by atoms with Crippen LogP contribution in [0.5, 0.6) is 5.75 Å². The first-order valence-corrected chi connectivity index (χ1v) is 2.63. The Morgan fingerprint density at radius 2 is 1.85 bits per heavy atom. The summed E-state index contributed by atoms with van der Waals surface area (Å²) in [5.41, 5.74) is -0.0972. The summed E-state index contributed by atoms with van der Waals surface area (Å²) in [5, 5.41) is 18.8. The maximum Gasteiger partial charge on any atom is 2.00 e. The number of hydrogen-bond donors (Lipinski definition) is 1. The van der Waals surface area contributed by atoms with Crippen LogP contribution in [0.25, 0.3) is 0 Å². The zero-order chi connectivity index (χ0) is 7.56. The van der Waals surface area contributed by atoms with Gasteiger partial charge in [0.15, 0.2) is 0 Å². The number of hydrogen-bond acceptors (Lipinski definition) is 3. The third-order valence-electron chi connectivity index (χ3n) is 1.04. The van der Waals surface area contributed by atoms with Crippen molar-refractivity contribution in [1.29, 1.82) is 0 Å². The minimum absolute atomic E-state index is 0. The quantitative estimate of drug-likeness (QED) is 0.317. The van der Waals surface area contributed by atoms with Crippen LogP contribution < -0.4 is 34.0 Å². The van der Waals surface area contributed by atoms with Gasteiger partial charge in [0.05, 0.1) is 11.0 Å². The fraction of sp³-hybridized carbons (Fsp3) is 0. The molecule has 0 aromatic heterocycles. The van der Waals surface area contributed by atoms with Gasteiger partial charge in [0.1, 0.15) is 5.75 Å². The summed E-state index contributed by atoms with van der Waals surface area (Å²) in [5.74, 6) is -0.0887. The minimum atomic E-state index is -0.556. The van der Waals surface area contributed by atoms with E-state index in [1.54, 1.807) is 0 Å². The maximum atomic E-state index is 10.0. The van der Waals surface area contributed by atoms with Crippen LogP contribution in [-0.4, -0.2) is 47.8 Å². The largest absolute Gasteiger partial charge is 2.00 e. The Kier molecular flexibility index (Phi) is 13.6. The topological polar surface area (TPSA) is 63.4 Å². The molecule has 0 aliphatic heterocycles. The Bertz CT molecular complexity index is 272.